The third-order valence-electron chi connectivity index (χ3n) is 4.98. The van der Waals surface area contributed by atoms with Crippen molar-refractivity contribution in [1.82, 2.24) is 15.1 Å². The molecule has 6 heteroatoms. The number of halogens is 1. The average molecular weight is 413 g/mol. The van der Waals surface area contributed by atoms with Gasteiger partial charge >= 0.3 is 0 Å². The summed E-state index contributed by atoms with van der Waals surface area (Å²) in [5.41, 5.74) is 11.4. The van der Waals surface area contributed by atoms with Crippen LogP contribution >= 0.6 is 12.4 Å². The molecule has 0 spiro atoms. The Balaban J connectivity index is 0.00000300. The van der Waals surface area contributed by atoms with Gasteiger partial charge in [-0.25, -0.2) is 0 Å². The summed E-state index contributed by atoms with van der Waals surface area (Å²) in [6, 6.07) is 17.8. The van der Waals surface area contributed by atoms with Crippen LogP contribution < -0.4 is 5.73 Å². The van der Waals surface area contributed by atoms with Gasteiger partial charge in [-0.3, -0.25) is 9.89 Å². The molecule has 1 amide bonds. The first kappa shape index (κ1) is 22.5. The van der Waals surface area contributed by atoms with Crippen LogP contribution in [0.3, 0.4) is 0 Å². The molecule has 3 aromatic rings. The van der Waals surface area contributed by atoms with E-state index in [0.29, 0.717) is 11.3 Å². The Morgan fingerprint density at radius 2 is 1.83 bits per heavy atom. The standard InChI is InChI=1S/C23H28N4O.ClH/c1-17-12-13-19(24)15-21(17)23(28)27(2)14-8-4-7-11-20-16-22(26-25-20)18-9-5-3-6-10-18;/h3,5-6,9-10,12-13,15-16H,4,7-8,11,14,24H2,1-2H3,(H,25,26);1H. The highest BCUT2D eigenvalue weighted by atomic mass is 35.5. The molecule has 0 saturated carbocycles. The molecule has 154 valence electrons. The molecule has 2 aromatic carbocycles. The van der Waals surface area contributed by atoms with Crippen molar-refractivity contribution in [3.05, 3.63) is 71.4 Å². The number of nitrogens with one attached hydrogen (secondary N) is 1. The van der Waals surface area contributed by atoms with Crippen molar-refractivity contribution in [2.45, 2.75) is 32.6 Å². The van der Waals surface area contributed by atoms with Gasteiger partial charge in [0.05, 0.1) is 5.69 Å². The third kappa shape index (κ3) is 6.09. The second-order valence-electron chi connectivity index (χ2n) is 7.26. The largest absolute Gasteiger partial charge is 0.399 e. The van der Waals surface area contributed by atoms with Crippen molar-refractivity contribution in [2.75, 3.05) is 19.3 Å². The summed E-state index contributed by atoms with van der Waals surface area (Å²) in [4.78, 5) is 14.4. The van der Waals surface area contributed by atoms with E-state index in [1.807, 2.05) is 44.3 Å². The molecule has 3 N–H and O–H groups in total. The van der Waals surface area contributed by atoms with Crippen molar-refractivity contribution in [3.63, 3.8) is 0 Å². The number of aromatic nitrogens is 2. The Morgan fingerprint density at radius 1 is 1.07 bits per heavy atom. The highest BCUT2D eigenvalue weighted by molar-refractivity contribution is 5.96. The Kier molecular flexibility index (Phi) is 8.28. The van der Waals surface area contributed by atoms with Crippen molar-refractivity contribution in [1.29, 1.82) is 0 Å². The lowest BCUT2D eigenvalue weighted by Crippen LogP contribution is -2.28. The number of nitrogens with two attached hydrogens (primary N) is 1. The highest BCUT2D eigenvalue weighted by Gasteiger charge is 2.14. The first-order valence-electron chi connectivity index (χ1n) is 9.76. The quantitative estimate of drug-likeness (QED) is 0.409. The zero-order valence-electron chi connectivity index (χ0n) is 17.0. The minimum Gasteiger partial charge on any atom is -0.399 e. The predicted molar refractivity (Wildman–Crippen MR) is 121 cm³/mol. The maximum absolute atomic E-state index is 12.6. The SMILES string of the molecule is Cc1ccc(N)cc1C(=O)N(C)CCCCCc1cc(-c2ccccc2)n[nH]1.Cl. The fourth-order valence-corrected chi connectivity index (χ4v) is 3.26. The van der Waals surface area contributed by atoms with E-state index < -0.39 is 0 Å². The summed E-state index contributed by atoms with van der Waals surface area (Å²) in [6.45, 7) is 2.68. The normalized spacial score (nSPS) is 10.4. The van der Waals surface area contributed by atoms with Crippen LogP contribution in [0.1, 0.15) is 40.9 Å². The third-order valence-corrected chi connectivity index (χ3v) is 4.98. The Labute approximate surface area is 178 Å². The maximum atomic E-state index is 12.6. The van der Waals surface area contributed by atoms with Gasteiger partial charge in [-0.1, -0.05) is 42.8 Å². The lowest BCUT2D eigenvalue weighted by Gasteiger charge is -2.18. The topological polar surface area (TPSA) is 75.0 Å². The molecule has 0 unspecified atom stereocenters. The number of hydrogen-bond acceptors (Lipinski definition) is 3. The van der Waals surface area contributed by atoms with Gasteiger partial charge in [0.25, 0.3) is 5.91 Å². The molecule has 0 radical (unpaired) electrons. The lowest BCUT2D eigenvalue weighted by atomic mass is 10.1. The van der Waals surface area contributed by atoms with Gasteiger partial charge < -0.3 is 10.6 Å². The van der Waals surface area contributed by atoms with Crippen LogP contribution in [0.4, 0.5) is 5.69 Å². The van der Waals surface area contributed by atoms with Crippen molar-refractivity contribution in [3.8, 4) is 11.3 Å². The zero-order chi connectivity index (χ0) is 19.9. The van der Waals surface area contributed by atoms with Gasteiger partial charge in [0.2, 0.25) is 0 Å². The molecule has 1 heterocycles. The first-order chi connectivity index (χ1) is 13.5. The number of anilines is 1. The number of nitrogen functional groups attached to an aromatic ring is 1. The number of hydrogen-bond donors (Lipinski definition) is 2. The molecule has 0 aliphatic rings. The fourth-order valence-electron chi connectivity index (χ4n) is 3.26. The summed E-state index contributed by atoms with van der Waals surface area (Å²) in [5, 5.41) is 7.53. The number of H-pyrrole nitrogens is 1. The number of unbranched alkanes of at least 4 members (excludes halogenated alkanes) is 2. The van der Waals surface area contributed by atoms with E-state index in [2.05, 4.69) is 28.4 Å². The van der Waals surface area contributed by atoms with Crippen LogP contribution in [-0.4, -0.2) is 34.6 Å². The summed E-state index contributed by atoms with van der Waals surface area (Å²) in [5.74, 6) is 0.0332. The van der Waals surface area contributed by atoms with E-state index in [0.717, 1.165) is 54.7 Å². The molecular weight excluding hydrogens is 384 g/mol. The highest BCUT2D eigenvalue weighted by Crippen LogP contribution is 2.18. The second-order valence-corrected chi connectivity index (χ2v) is 7.26. The van der Waals surface area contributed by atoms with E-state index in [1.54, 1.807) is 11.0 Å². The zero-order valence-corrected chi connectivity index (χ0v) is 17.8. The van der Waals surface area contributed by atoms with Gasteiger partial charge in [0.15, 0.2) is 0 Å². The number of rotatable bonds is 8. The molecule has 0 saturated heterocycles. The molecule has 0 aliphatic carbocycles. The smallest absolute Gasteiger partial charge is 0.253 e. The lowest BCUT2D eigenvalue weighted by molar-refractivity contribution is 0.0792. The molecule has 0 atom stereocenters. The molecule has 3 rings (SSSR count). The van der Waals surface area contributed by atoms with Gasteiger partial charge in [0.1, 0.15) is 0 Å². The second kappa shape index (κ2) is 10.7. The van der Waals surface area contributed by atoms with Crippen molar-refractivity contribution < 1.29 is 4.79 Å². The van der Waals surface area contributed by atoms with Gasteiger partial charge in [-0.2, -0.15) is 5.10 Å². The summed E-state index contributed by atoms with van der Waals surface area (Å²) in [6.07, 6.45) is 4.07. The molecule has 0 bridgehead atoms. The molecule has 1 aromatic heterocycles. The Bertz CT molecular complexity index is 924. The van der Waals surface area contributed by atoms with E-state index in [9.17, 15) is 4.79 Å². The summed E-state index contributed by atoms with van der Waals surface area (Å²) in [7, 11) is 1.85. The van der Waals surface area contributed by atoms with Crippen LogP contribution in [0, 0.1) is 6.92 Å². The number of carbonyl (C=O) groups excluding carboxylic acids is 1. The van der Waals surface area contributed by atoms with Crippen LogP contribution in [-0.2, 0) is 6.42 Å². The number of aromatic amines is 1. The van der Waals surface area contributed by atoms with E-state index >= 15 is 0 Å². The molecule has 0 fully saturated rings. The number of benzene rings is 2. The minimum atomic E-state index is 0. The monoisotopic (exact) mass is 412 g/mol. The van der Waals surface area contributed by atoms with Crippen molar-refractivity contribution in [2.24, 2.45) is 0 Å². The number of carbonyl (C=O) groups is 1. The first-order valence-corrected chi connectivity index (χ1v) is 9.76. The average Bonchev–Trinajstić information content (AvgIpc) is 3.18. The van der Waals surface area contributed by atoms with Gasteiger partial charge in [-0.15, -0.1) is 12.4 Å². The molecule has 29 heavy (non-hydrogen) atoms. The Hall–Kier alpha value is -2.79. The summed E-state index contributed by atoms with van der Waals surface area (Å²) < 4.78 is 0. The predicted octanol–water partition coefficient (Wildman–Crippen LogP) is 4.87. The van der Waals surface area contributed by atoms with E-state index in [-0.39, 0.29) is 18.3 Å². The van der Waals surface area contributed by atoms with Crippen LogP contribution in [0.25, 0.3) is 11.3 Å². The summed E-state index contributed by atoms with van der Waals surface area (Å²) >= 11 is 0. The number of nitrogens with zero attached hydrogens (tertiary/aromatic N) is 2. The van der Waals surface area contributed by atoms with Crippen molar-refractivity contribution >= 4 is 24.0 Å². The van der Waals surface area contributed by atoms with Crippen LogP contribution in [0.5, 0.6) is 0 Å². The Morgan fingerprint density at radius 3 is 2.59 bits per heavy atom. The molecule has 0 aliphatic heterocycles. The van der Waals surface area contributed by atoms with Gasteiger partial charge in [-0.05, 0) is 49.9 Å². The minimum absolute atomic E-state index is 0. The maximum Gasteiger partial charge on any atom is 0.253 e. The van der Waals surface area contributed by atoms with E-state index in [1.165, 1.54) is 0 Å². The van der Waals surface area contributed by atoms with Crippen LogP contribution in [0.2, 0.25) is 0 Å². The van der Waals surface area contributed by atoms with E-state index in [4.69, 9.17) is 5.73 Å². The van der Waals surface area contributed by atoms with Crippen LogP contribution in [0.15, 0.2) is 54.6 Å². The fraction of sp³-hybridized carbons (Fsp3) is 0.304. The number of amides is 1. The molecule has 5 nitrogen and oxygen atoms in total. The number of aryl methyl sites for hydroxylation is 2. The molecular formula is C23H29ClN4O. The van der Waals surface area contributed by atoms with Gasteiger partial charge in [0, 0.05) is 36.1 Å².